The molecule has 0 radical (unpaired) electrons. The third-order valence-corrected chi connectivity index (χ3v) is 5.65. The minimum Gasteiger partial charge on any atom is -0.465 e. The van der Waals surface area contributed by atoms with Crippen LogP contribution in [-0.4, -0.2) is 26.2 Å². The van der Waals surface area contributed by atoms with Crippen molar-refractivity contribution < 1.29 is 32.2 Å². The van der Waals surface area contributed by atoms with Crippen molar-refractivity contribution in [2.24, 2.45) is 5.18 Å². The van der Waals surface area contributed by atoms with E-state index >= 15 is 0 Å². The van der Waals surface area contributed by atoms with Crippen LogP contribution in [0.15, 0.2) is 43.5 Å². The molecular formula is C15H10F3NO5S2. The number of ether oxygens (including phenoxy) is 2. The van der Waals surface area contributed by atoms with Crippen LogP contribution in [0, 0.1) is 4.91 Å². The van der Waals surface area contributed by atoms with Gasteiger partial charge in [0.25, 0.3) is 0 Å². The minimum atomic E-state index is -4.72. The van der Waals surface area contributed by atoms with E-state index in [1.54, 1.807) is 0 Å². The number of carbonyl (C=O) groups excluding carboxylic acids is 2. The number of carbonyl (C=O) groups is 2. The number of esters is 2. The number of rotatable bonds is 4. The molecule has 0 atom stereocenters. The van der Waals surface area contributed by atoms with Gasteiger partial charge in [0.2, 0.25) is 0 Å². The third-order valence-electron chi connectivity index (χ3n) is 3.11. The molecule has 6 nitrogen and oxygen atoms in total. The molecule has 0 spiro atoms. The molecule has 0 N–H and O–H groups in total. The molecule has 1 aromatic carbocycles. The molecule has 0 saturated heterocycles. The third kappa shape index (κ3) is 3.93. The van der Waals surface area contributed by atoms with E-state index < -0.39 is 34.9 Å². The Morgan fingerprint density at radius 2 is 1.50 bits per heavy atom. The van der Waals surface area contributed by atoms with Crippen LogP contribution < -0.4 is 0 Å². The molecule has 1 heterocycles. The SMILES string of the molecule is COC(=O)C1=C(C(=O)OC)SC(=C(N=O)c2ccccc2C(F)(F)F)S1. The molecule has 0 aliphatic carbocycles. The van der Waals surface area contributed by atoms with E-state index in [1.165, 1.54) is 12.1 Å². The van der Waals surface area contributed by atoms with E-state index in [0.717, 1.165) is 26.4 Å². The van der Waals surface area contributed by atoms with Crippen molar-refractivity contribution in [2.75, 3.05) is 14.2 Å². The second-order valence-corrected chi connectivity index (χ2v) is 6.92. The maximum absolute atomic E-state index is 13.2. The second kappa shape index (κ2) is 7.96. The molecule has 0 saturated carbocycles. The van der Waals surface area contributed by atoms with Crippen molar-refractivity contribution in [1.82, 2.24) is 0 Å². The number of thioether (sulfide) groups is 2. The van der Waals surface area contributed by atoms with Gasteiger partial charge in [-0.1, -0.05) is 41.7 Å². The van der Waals surface area contributed by atoms with Crippen LogP contribution in [0.2, 0.25) is 0 Å². The van der Waals surface area contributed by atoms with Crippen LogP contribution in [0.5, 0.6) is 0 Å². The zero-order valence-corrected chi connectivity index (χ0v) is 14.9. The summed E-state index contributed by atoms with van der Waals surface area (Å²) >= 11 is 1.26. The van der Waals surface area contributed by atoms with E-state index in [1.807, 2.05) is 0 Å². The molecule has 1 aromatic rings. The summed E-state index contributed by atoms with van der Waals surface area (Å²) in [5.41, 5.74) is -2.05. The van der Waals surface area contributed by atoms with Crippen molar-refractivity contribution in [1.29, 1.82) is 0 Å². The lowest BCUT2D eigenvalue weighted by Gasteiger charge is -2.12. The van der Waals surface area contributed by atoms with Crippen molar-refractivity contribution in [3.8, 4) is 0 Å². The minimum absolute atomic E-state index is 0.0579. The summed E-state index contributed by atoms with van der Waals surface area (Å²) in [6.45, 7) is 0. The molecule has 11 heteroatoms. The van der Waals surface area contributed by atoms with E-state index in [0.29, 0.717) is 23.5 Å². The number of nitrogens with zero attached hydrogens (tertiary/aromatic N) is 1. The Bertz CT molecular complexity index is 803. The van der Waals surface area contributed by atoms with Crippen molar-refractivity contribution in [3.63, 3.8) is 0 Å². The molecular weight excluding hydrogens is 395 g/mol. The van der Waals surface area contributed by atoms with Gasteiger partial charge in [0.05, 0.1) is 24.0 Å². The molecule has 138 valence electrons. The quantitative estimate of drug-likeness (QED) is 0.550. The Kier molecular flexibility index (Phi) is 6.13. The topological polar surface area (TPSA) is 82.0 Å². The lowest BCUT2D eigenvalue weighted by Crippen LogP contribution is -2.08. The monoisotopic (exact) mass is 405 g/mol. The summed E-state index contributed by atoms with van der Waals surface area (Å²) in [7, 11) is 2.16. The first kappa shape index (κ1) is 20.0. The largest absolute Gasteiger partial charge is 0.465 e. The fourth-order valence-electron chi connectivity index (χ4n) is 1.98. The van der Waals surface area contributed by atoms with Crippen LogP contribution >= 0.6 is 23.5 Å². The number of benzene rings is 1. The van der Waals surface area contributed by atoms with Crippen molar-refractivity contribution in [2.45, 2.75) is 6.18 Å². The molecule has 0 aromatic heterocycles. The molecule has 0 amide bonds. The van der Waals surface area contributed by atoms with Crippen LogP contribution in [-0.2, 0) is 25.2 Å². The predicted molar refractivity (Wildman–Crippen MR) is 90.4 cm³/mol. The lowest BCUT2D eigenvalue weighted by molar-refractivity contribution is -0.138. The zero-order chi connectivity index (χ0) is 19.5. The van der Waals surface area contributed by atoms with Gasteiger partial charge in [-0.25, -0.2) is 9.59 Å². The highest BCUT2D eigenvalue weighted by molar-refractivity contribution is 8.29. The number of methoxy groups -OCH3 is 2. The normalized spacial score (nSPS) is 14.3. The Hall–Kier alpha value is -2.27. The molecule has 1 aliphatic heterocycles. The highest BCUT2D eigenvalue weighted by atomic mass is 32.2. The summed E-state index contributed by atoms with van der Waals surface area (Å²) in [4.78, 5) is 34.6. The van der Waals surface area contributed by atoms with E-state index in [2.05, 4.69) is 14.7 Å². The van der Waals surface area contributed by atoms with Crippen LogP contribution in [0.4, 0.5) is 13.2 Å². The first-order chi connectivity index (χ1) is 12.2. The Morgan fingerprint density at radius 3 is 1.92 bits per heavy atom. The first-order valence-electron chi connectivity index (χ1n) is 6.75. The van der Waals surface area contributed by atoms with Crippen LogP contribution in [0.3, 0.4) is 0 Å². The fourth-order valence-corrected chi connectivity index (χ4v) is 4.44. The maximum Gasteiger partial charge on any atom is 0.417 e. The summed E-state index contributed by atoms with van der Waals surface area (Å²) in [6, 6.07) is 4.38. The van der Waals surface area contributed by atoms with Crippen molar-refractivity contribution in [3.05, 3.63) is 54.3 Å². The number of nitroso groups, excluding NO2 is 1. The summed E-state index contributed by atoms with van der Waals surface area (Å²) in [5, 5.41) is 2.71. The van der Waals surface area contributed by atoms with Crippen LogP contribution in [0.25, 0.3) is 5.70 Å². The number of hydrogen-bond donors (Lipinski definition) is 0. The van der Waals surface area contributed by atoms with Gasteiger partial charge in [-0.3, -0.25) is 0 Å². The molecule has 0 bridgehead atoms. The molecule has 2 rings (SSSR count). The lowest BCUT2D eigenvalue weighted by atomic mass is 10.1. The van der Waals surface area contributed by atoms with Gasteiger partial charge in [0.1, 0.15) is 15.5 Å². The molecule has 1 aliphatic rings. The van der Waals surface area contributed by atoms with Gasteiger partial charge >= 0.3 is 18.1 Å². The summed E-state index contributed by atoms with van der Waals surface area (Å²) in [5.74, 6) is -1.76. The van der Waals surface area contributed by atoms with Gasteiger partial charge in [-0.2, -0.15) is 13.2 Å². The number of alkyl halides is 3. The summed E-state index contributed by atoms with van der Waals surface area (Å²) in [6.07, 6.45) is -4.72. The number of hydrogen-bond acceptors (Lipinski definition) is 8. The number of halogens is 3. The molecule has 0 unspecified atom stereocenters. The second-order valence-electron chi connectivity index (χ2n) is 4.62. The average molecular weight is 405 g/mol. The highest BCUT2D eigenvalue weighted by Gasteiger charge is 2.38. The molecule has 26 heavy (non-hydrogen) atoms. The van der Waals surface area contributed by atoms with Crippen molar-refractivity contribution >= 4 is 41.2 Å². The van der Waals surface area contributed by atoms with E-state index in [9.17, 15) is 27.7 Å². The standard InChI is InChI=1S/C15H10F3NO5S2/c1-23-12(20)10-11(13(21)24-2)26-14(25-10)9(19-22)7-5-3-4-6-8(7)15(16,17)18/h3-6H,1-2H3. The van der Waals surface area contributed by atoms with Crippen LogP contribution in [0.1, 0.15) is 11.1 Å². The smallest absolute Gasteiger partial charge is 0.417 e. The van der Waals surface area contributed by atoms with Gasteiger partial charge in [0, 0.05) is 5.56 Å². The Morgan fingerprint density at radius 1 is 1.00 bits per heavy atom. The zero-order valence-electron chi connectivity index (χ0n) is 13.2. The first-order valence-corrected chi connectivity index (χ1v) is 8.38. The molecule has 0 fully saturated rings. The Balaban J connectivity index is 2.59. The van der Waals surface area contributed by atoms with E-state index in [4.69, 9.17) is 0 Å². The highest BCUT2D eigenvalue weighted by Crippen LogP contribution is 2.53. The van der Waals surface area contributed by atoms with Gasteiger partial charge in [-0.05, 0) is 11.2 Å². The van der Waals surface area contributed by atoms with E-state index in [-0.39, 0.29) is 14.0 Å². The average Bonchev–Trinajstić information content (AvgIpc) is 3.05. The van der Waals surface area contributed by atoms with Gasteiger partial charge in [0.15, 0.2) is 0 Å². The van der Waals surface area contributed by atoms with Gasteiger partial charge in [-0.15, -0.1) is 4.91 Å². The predicted octanol–water partition coefficient (Wildman–Crippen LogP) is 4.14. The van der Waals surface area contributed by atoms with Gasteiger partial charge < -0.3 is 9.47 Å². The summed E-state index contributed by atoms with van der Waals surface area (Å²) < 4.78 is 48.7. The Labute approximate surface area is 153 Å². The maximum atomic E-state index is 13.2. The fraction of sp³-hybridized carbons (Fsp3) is 0.200.